The first-order chi connectivity index (χ1) is 16.6. The normalized spacial score (nSPS) is 18.3. The Labute approximate surface area is 193 Å². The van der Waals surface area contributed by atoms with Gasteiger partial charge in [-0.2, -0.15) is 0 Å². The number of carbonyl (C=O) groups excluding carboxylic acids is 2. The standard InChI is InChI=1S/C24H33NO7/c1-16(6-8-20(26)31-14-11-25-9-12-30-13-10-25)5-7-18-22(28-3)17(2)19-15-32-24(27)21(19)23(18)29-4/h5H,6-15H2,1-4H3/b16-5+/i4D3. The van der Waals surface area contributed by atoms with E-state index in [-0.39, 0.29) is 36.7 Å². The van der Waals surface area contributed by atoms with E-state index in [0.29, 0.717) is 55.2 Å². The molecule has 0 unspecified atom stereocenters. The molecule has 0 radical (unpaired) electrons. The Morgan fingerprint density at radius 2 is 2.00 bits per heavy atom. The minimum Gasteiger partial charge on any atom is -0.496 e. The first-order valence-corrected chi connectivity index (χ1v) is 10.8. The molecule has 0 saturated carbocycles. The van der Waals surface area contributed by atoms with Gasteiger partial charge in [0.05, 0.1) is 31.5 Å². The van der Waals surface area contributed by atoms with Crippen LogP contribution in [-0.2, 0) is 32.0 Å². The van der Waals surface area contributed by atoms with Crippen molar-refractivity contribution in [3.05, 3.63) is 33.9 Å². The molecular weight excluding hydrogens is 414 g/mol. The number of carbonyl (C=O) groups is 2. The van der Waals surface area contributed by atoms with Crippen LogP contribution in [0.2, 0.25) is 0 Å². The van der Waals surface area contributed by atoms with Crippen molar-refractivity contribution in [3.8, 4) is 11.5 Å². The summed E-state index contributed by atoms with van der Waals surface area (Å²) in [5.74, 6) is -0.484. The number of methoxy groups -OCH3 is 2. The Balaban J connectivity index is 1.66. The highest BCUT2D eigenvalue weighted by molar-refractivity contribution is 5.98. The maximum atomic E-state index is 12.4. The van der Waals surface area contributed by atoms with Crippen LogP contribution in [0.3, 0.4) is 0 Å². The van der Waals surface area contributed by atoms with E-state index in [0.717, 1.165) is 18.7 Å². The van der Waals surface area contributed by atoms with Gasteiger partial charge >= 0.3 is 11.9 Å². The van der Waals surface area contributed by atoms with Gasteiger partial charge in [-0.15, -0.1) is 0 Å². The molecule has 32 heavy (non-hydrogen) atoms. The second-order valence-electron chi connectivity index (χ2n) is 7.93. The van der Waals surface area contributed by atoms with Gasteiger partial charge in [0.15, 0.2) is 0 Å². The van der Waals surface area contributed by atoms with Crippen molar-refractivity contribution >= 4 is 11.9 Å². The number of esters is 2. The van der Waals surface area contributed by atoms with Gasteiger partial charge in [0.25, 0.3) is 0 Å². The van der Waals surface area contributed by atoms with E-state index in [2.05, 4.69) is 4.90 Å². The zero-order valence-corrected chi connectivity index (χ0v) is 19.0. The van der Waals surface area contributed by atoms with Crippen LogP contribution in [0, 0.1) is 6.92 Å². The summed E-state index contributed by atoms with van der Waals surface area (Å²) in [7, 11) is -1.27. The molecule has 0 aliphatic carbocycles. The minimum atomic E-state index is -2.75. The maximum absolute atomic E-state index is 12.4. The van der Waals surface area contributed by atoms with E-state index in [1.807, 2.05) is 13.0 Å². The van der Waals surface area contributed by atoms with E-state index in [1.54, 1.807) is 6.92 Å². The van der Waals surface area contributed by atoms with Crippen LogP contribution >= 0.6 is 0 Å². The lowest BCUT2D eigenvalue weighted by Gasteiger charge is -2.26. The van der Waals surface area contributed by atoms with Crippen molar-refractivity contribution < 1.29 is 37.4 Å². The van der Waals surface area contributed by atoms with E-state index < -0.39 is 13.0 Å². The van der Waals surface area contributed by atoms with Crippen LogP contribution in [0.25, 0.3) is 0 Å². The van der Waals surface area contributed by atoms with Crippen LogP contribution in [0.1, 0.15) is 50.9 Å². The predicted octanol–water partition coefficient (Wildman–Crippen LogP) is 2.83. The zero-order valence-electron chi connectivity index (χ0n) is 22.0. The van der Waals surface area contributed by atoms with Gasteiger partial charge < -0.3 is 23.7 Å². The van der Waals surface area contributed by atoms with Crippen LogP contribution in [-0.4, -0.2) is 70.4 Å². The lowest BCUT2D eigenvalue weighted by molar-refractivity contribution is -0.144. The van der Waals surface area contributed by atoms with Crippen molar-refractivity contribution in [1.82, 2.24) is 4.90 Å². The fraction of sp³-hybridized carbons (Fsp3) is 0.583. The highest BCUT2D eigenvalue weighted by atomic mass is 16.5. The van der Waals surface area contributed by atoms with Crippen molar-refractivity contribution in [3.63, 3.8) is 0 Å². The molecule has 0 bridgehead atoms. The summed E-state index contributed by atoms with van der Waals surface area (Å²) in [6, 6.07) is 0. The van der Waals surface area contributed by atoms with E-state index in [1.165, 1.54) is 7.11 Å². The molecule has 0 spiro atoms. The highest BCUT2D eigenvalue weighted by Gasteiger charge is 2.32. The van der Waals surface area contributed by atoms with Gasteiger partial charge in [-0.1, -0.05) is 11.6 Å². The monoisotopic (exact) mass is 450 g/mol. The highest BCUT2D eigenvalue weighted by Crippen LogP contribution is 2.42. The summed E-state index contributed by atoms with van der Waals surface area (Å²) in [4.78, 5) is 26.7. The van der Waals surface area contributed by atoms with Gasteiger partial charge in [-0.25, -0.2) is 4.79 Å². The molecular formula is C24H33NO7. The van der Waals surface area contributed by atoms with Gasteiger partial charge in [-0.05, 0) is 32.3 Å². The molecule has 0 aromatic heterocycles. The van der Waals surface area contributed by atoms with Crippen molar-refractivity contribution in [2.45, 2.75) is 39.7 Å². The van der Waals surface area contributed by atoms with Gasteiger partial charge in [0, 0.05) is 37.2 Å². The summed E-state index contributed by atoms with van der Waals surface area (Å²) in [6.07, 6.45) is 2.85. The zero-order chi connectivity index (χ0) is 25.6. The Morgan fingerprint density at radius 3 is 2.72 bits per heavy atom. The van der Waals surface area contributed by atoms with Crippen LogP contribution in [0.5, 0.6) is 11.5 Å². The molecule has 0 N–H and O–H groups in total. The number of fused-ring (bicyclic) bond motifs is 1. The van der Waals surface area contributed by atoms with Crippen LogP contribution < -0.4 is 9.47 Å². The molecule has 1 aromatic rings. The Hall–Kier alpha value is -2.58. The first kappa shape index (κ1) is 20.1. The summed E-state index contributed by atoms with van der Waals surface area (Å²) < 4.78 is 49.3. The molecule has 0 atom stereocenters. The van der Waals surface area contributed by atoms with Crippen LogP contribution in [0.4, 0.5) is 0 Å². The number of ether oxygens (including phenoxy) is 5. The quantitative estimate of drug-likeness (QED) is 0.398. The van der Waals surface area contributed by atoms with Crippen molar-refractivity contribution in [2.75, 3.05) is 53.6 Å². The van der Waals surface area contributed by atoms with Gasteiger partial charge in [0.2, 0.25) is 0 Å². The minimum absolute atomic E-state index is 0.0382. The van der Waals surface area contributed by atoms with Gasteiger partial charge in [-0.3, -0.25) is 9.69 Å². The Morgan fingerprint density at radius 1 is 1.22 bits per heavy atom. The van der Waals surface area contributed by atoms with E-state index in [9.17, 15) is 9.59 Å². The second-order valence-corrected chi connectivity index (χ2v) is 7.93. The predicted molar refractivity (Wildman–Crippen MR) is 118 cm³/mol. The molecule has 2 heterocycles. The maximum Gasteiger partial charge on any atom is 0.342 e. The SMILES string of the molecule is [2H]C([2H])([2H])Oc1c(C/C=C(\C)CCC(=O)OCCN2CCOCC2)c(OC)c(C)c2c1C(=O)OC2. The number of benzene rings is 1. The number of cyclic esters (lactones) is 1. The summed E-state index contributed by atoms with van der Waals surface area (Å²) in [5, 5.41) is 0. The number of allylic oxidation sites excluding steroid dienone is 2. The third-order valence-electron chi connectivity index (χ3n) is 5.88. The molecule has 1 fully saturated rings. The van der Waals surface area contributed by atoms with Crippen LogP contribution in [0.15, 0.2) is 11.6 Å². The molecule has 1 aromatic carbocycles. The molecule has 8 nitrogen and oxygen atoms in total. The summed E-state index contributed by atoms with van der Waals surface area (Å²) in [5.41, 5.74) is 2.76. The van der Waals surface area contributed by atoms with E-state index in [4.69, 9.17) is 27.8 Å². The fourth-order valence-electron chi connectivity index (χ4n) is 3.99. The third kappa shape index (κ3) is 5.61. The lowest BCUT2D eigenvalue weighted by Crippen LogP contribution is -2.38. The second kappa shape index (κ2) is 11.3. The summed E-state index contributed by atoms with van der Waals surface area (Å²) >= 11 is 0. The number of hydrogen-bond acceptors (Lipinski definition) is 8. The number of rotatable bonds is 10. The first-order valence-electron chi connectivity index (χ1n) is 12.3. The number of morpholine rings is 1. The average molecular weight is 451 g/mol. The molecule has 8 heteroatoms. The molecule has 1 saturated heterocycles. The third-order valence-corrected chi connectivity index (χ3v) is 5.88. The molecule has 3 rings (SSSR count). The molecule has 2 aliphatic rings. The van der Waals surface area contributed by atoms with Crippen molar-refractivity contribution in [1.29, 1.82) is 0 Å². The van der Waals surface area contributed by atoms with E-state index >= 15 is 0 Å². The average Bonchev–Trinajstić information content (AvgIpc) is 3.20. The number of nitrogens with zero attached hydrogens (tertiary/aromatic N) is 1. The fourth-order valence-corrected chi connectivity index (χ4v) is 3.99. The van der Waals surface area contributed by atoms with Gasteiger partial charge in [0.1, 0.15) is 30.3 Å². The largest absolute Gasteiger partial charge is 0.496 e. The molecule has 176 valence electrons. The smallest absolute Gasteiger partial charge is 0.342 e. The van der Waals surface area contributed by atoms with Crippen molar-refractivity contribution in [2.24, 2.45) is 0 Å². The topological polar surface area (TPSA) is 83.5 Å². The molecule has 2 aliphatic heterocycles. The Bertz CT molecular complexity index is 969. The lowest BCUT2D eigenvalue weighted by atomic mass is 9.94. The summed E-state index contributed by atoms with van der Waals surface area (Å²) in [6.45, 7) is 7.84. The molecule has 0 amide bonds. The number of hydrogen-bond donors (Lipinski definition) is 0. The Kier molecular flexibility index (Phi) is 7.10.